The van der Waals surface area contributed by atoms with Gasteiger partial charge in [-0.1, -0.05) is 0 Å². The fourth-order valence-corrected chi connectivity index (χ4v) is 1.05. The van der Waals surface area contributed by atoms with Crippen molar-refractivity contribution in [2.45, 2.75) is 6.42 Å². The van der Waals surface area contributed by atoms with Crippen molar-refractivity contribution in [2.24, 2.45) is 5.73 Å². The minimum absolute atomic E-state index is 0.132. The number of ether oxygens (including phenoxy) is 4. The van der Waals surface area contributed by atoms with Gasteiger partial charge < -0.3 is 35.1 Å². The third kappa shape index (κ3) is 23.8. The maximum Gasteiger partial charge on any atom is 0.322 e. The van der Waals surface area contributed by atoms with Gasteiger partial charge in [-0.15, -0.1) is 0 Å². The van der Waals surface area contributed by atoms with E-state index in [1.807, 2.05) is 0 Å². The van der Waals surface area contributed by atoms with Crippen molar-refractivity contribution >= 4 is 11.9 Å². The van der Waals surface area contributed by atoms with Crippen LogP contribution in [0.3, 0.4) is 0 Å². The molecule has 0 aliphatic carbocycles. The molecule has 132 valence electrons. The first-order valence-corrected chi connectivity index (χ1v) is 6.90. The second kappa shape index (κ2) is 19.7. The zero-order chi connectivity index (χ0) is 17.1. The van der Waals surface area contributed by atoms with Crippen LogP contribution in [0.2, 0.25) is 0 Å². The first kappa shape index (κ1) is 23.0. The summed E-state index contributed by atoms with van der Waals surface area (Å²) in [6, 6.07) is 0. The van der Waals surface area contributed by atoms with Crippen molar-refractivity contribution in [1.29, 1.82) is 0 Å². The number of carbonyl (C=O) groups excluding carboxylic acids is 1. The lowest BCUT2D eigenvalue weighted by Gasteiger charge is -2.06. The quantitative estimate of drug-likeness (QED) is 0.362. The van der Waals surface area contributed by atoms with E-state index in [4.69, 9.17) is 25.1 Å². The monoisotopic (exact) mass is 324 g/mol. The summed E-state index contributed by atoms with van der Waals surface area (Å²) in [5.74, 6) is -1.42. The molecule has 0 radical (unpaired) electrons. The number of carboxylic acid groups (broad SMARTS) is 1. The zero-order valence-corrected chi connectivity index (χ0v) is 13.3. The summed E-state index contributed by atoms with van der Waals surface area (Å²) in [4.78, 5) is 21.2. The van der Waals surface area contributed by atoms with E-state index in [1.165, 1.54) is 0 Å². The molecule has 9 heteroatoms. The molecule has 0 heterocycles. The number of hydrogen-bond acceptors (Lipinski definition) is 7. The molecule has 0 saturated heterocycles. The van der Waals surface area contributed by atoms with E-state index in [2.05, 4.69) is 10.1 Å². The third-order valence-electron chi connectivity index (χ3n) is 1.92. The van der Waals surface area contributed by atoms with Gasteiger partial charge in [0.25, 0.3) is 0 Å². The average molecular weight is 324 g/mol. The van der Waals surface area contributed by atoms with Crippen LogP contribution in [-0.2, 0) is 28.5 Å². The predicted octanol–water partition coefficient (Wildman–Crippen LogP) is -1.15. The molecule has 0 rings (SSSR count). The molecule has 0 aromatic rings. The van der Waals surface area contributed by atoms with Gasteiger partial charge in [-0.05, 0) is 0 Å². The Morgan fingerprint density at radius 2 is 1.41 bits per heavy atom. The number of carboxylic acids is 1. The van der Waals surface area contributed by atoms with Gasteiger partial charge in [0, 0.05) is 27.2 Å². The van der Waals surface area contributed by atoms with Gasteiger partial charge in [-0.25, -0.2) is 0 Å². The van der Waals surface area contributed by atoms with Gasteiger partial charge >= 0.3 is 5.97 Å². The first-order chi connectivity index (χ1) is 10.6. The molecule has 0 aliphatic rings. The number of rotatable bonds is 13. The second-order valence-electron chi connectivity index (χ2n) is 3.95. The lowest BCUT2D eigenvalue weighted by molar-refractivity contribution is -0.138. The second-order valence-corrected chi connectivity index (χ2v) is 3.95. The van der Waals surface area contributed by atoms with Crippen LogP contribution in [0, 0.1) is 0 Å². The van der Waals surface area contributed by atoms with Crippen LogP contribution in [0.25, 0.3) is 0 Å². The number of amides is 1. The Kier molecular flexibility index (Phi) is 20.6. The van der Waals surface area contributed by atoms with E-state index in [0.717, 1.165) is 0 Å². The largest absolute Gasteiger partial charge is 0.480 e. The molecule has 9 nitrogen and oxygen atoms in total. The van der Waals surface area contributed by atoms with E-state index >= 15 is 0 Å². The lowest BCUT2D eigenvalue weighted by atomic mass is 10.4. The molecule has 0 aromatic carbocycles. The van der Waals surface area contributed by atoms with Gasteiger partial charge in [-0.2, -0.15) is 0 Å². The first-order valence-electron chi connectivity index (χ1n) is 6.90. The molecular formula is C13H28N2O7. The molecule has 0 atom stereocenters. The number of nitrogens with one attached hydrogen (secondary N) is 1. The Bertz CT molecular complexity index is 265. The van der Waals surface area contributed by atoms with Crippen LogP contribution in [0.4, 0.5) is 0 Å². The summed E-state index contributed by atoms with van der Waals surface area (Å²) in [6.45, 7) is 2.64. The molecule has 0 saturated carbocycles. The molecule has 0 aliphatic heterocycles. The normalized spacial score (nSPS) is 9.77. The summed E-state index contributed by atoms with van der Waals surface area (Å²) < 4.78 is 19.7. The number of carbonyl (C=O) groups is 2. The molecular weight excluding hydrogens is 296 g/mol. The van der Waals surface area contributed by atoms with E-state index in [1.54, 1.807) is 14.2 Å². The van der Waals surface area contributed by atoms with Crippen molar-refractivity contribution in [1.82, 2.24) is 5.32 Å². The third-order valence-corrected chi connectivity index (χ3v) is 1.92. The van der Waals surface area contributed by atoms with Crippen LogP contribution >= 0.6 is 0 Å². The Labute approximate surface area is 131 Å². The van der Waals surface area contributed by atoms with Gasteiger partial charge in [0.15, 0.2) is 0 Å². The molecule has 0 aromatic heterocycles. The highest BCUT2D eigenvalue weighted by molar-refractivity contribution is 5.81. The zero-order valence-electron chi connectivity index (χ0n) is 13.3. The maximum absolute atomic E-state index is 11.1. The van der Waals surface area contributed by atoms with Crippen molar-refractivity contribution in [3.05, 3.63) is 0 Å². The van der Waals surface area contributed by atoms with Crippen LogP contribution in [0.5, 0.6) is 0 Å². The van der Waals surface area contributed by atoms with Crippen molar-refractivity contribution in [3.63, 3.8) is 0 Å². The fourth-order valence-electron chi connectivity index (χ4n) is 1.05. The Hall–Kier alpha value is -1.26. The van der Waals surface area contributed by atoms with Gasteiger partial charge in [0.05, 0.1) is 39.6 Å². The summed E-state index contributed by atoms with van der Waals surface area (Å²) in [6.07, 6.45) is 0.132. The van der Waals surface area contributed by atoms with E-state index < -0.39 is 5.97 Å². The van der Waals surface area contributed by atoms with Gasteiger partial charge in [0.1, 0.15) is 6.54 Å². The Morgan fingerprint density at radius 1 is 0.955 bits per heavy atom. The summed E-state index contributed by atoms with van der Waals surface area (Å²) in [7, 11) is 3.25. The van der Waals surface area contributed by atoms with Crippen LogP contribution in [0.15, 0.2) is 0 Å². The SMILES string of the molecule is COC.NCCOCCOCCOCCC(=O)NCC(=O)O. The highest BCUT2D eigenvalue weighted by Crippen LogP contribution is 1.85. The predicted molar refractivity (Wildman–Crippen MR) is 79.7 cm³/mol. The Balaban J connectivity index is 0. The summed E-state index contributed by atoms with van der Waals surface area (Å²) in [5, 5.41) is 10.6. The topological polar surface area (TPSA) is 129 Å². The lowest BCUT2D eigenvalue weighted by Crippen LogP contribution is -2.30. The maximum atomic E-state index is 11.1. The molecule has 0 unspecified atom stereocenters. The van der Waals surface area contributed by atoms with Crippen molar-refractivity contribution < 1.29 is 33.6 Å². The van der Waals surface area contributed by atoms with E-state index in [0.29, 0.717) is 39.6 Å². The smallest absolute Gasteiger partial charge is 0.322 e. The highest BCUT2D eigenvalue weighted by Gasteiger charge is 2.03. The van der Waals surface area contributed by atoms with Crippen LogP contribution < -0.4 is 11.1 Å². The standard InChI is InChI=1S/C11H22N2O6.C2H6O/c12-2-4-18-6-8-19-7-5-17-3-1-10(14)13-9-11(15)16;1-3-2/h1-9,12H2,(H,13,14)(H,15,16);1-2H3. The molecule has 0 spiro atoms. The minimum Gasteiger partial charge on any atom is -0.480 e. The molecule has 1 amide bonds. The molecule has 22 heavy (non-hydrogen) atoms. The van der Waals surface area contributed by atoms with Gasteiger partial charge in [-0.3, -0.25) is 9.59 Å². The molecule has 0 bridgehead atoms. The number of hydrogen-bond donors (Lipinski definition) is 3. The van der Waals surface area contributed by atoms with E-state index in [-0.39, 0.29) is 25.5 Å². The highest BCUT2D eigenvalue weighted by atomic mass is 16.5. The number of methoxy groups -OCH3 is 1. The average Bonchev–Trinajstić information content (AvgIpc) is 2.48. The van der Waals surface area contributed by atoms with Gasteiger partial charge in [0.2, 0.25) is 5.91 Å². The summed E-state index contributed by atoms with van der Waals surface area (Å²) >= 11 is 0. The number of nitrogens with two attached hydrogens (primary N) is 1. The van der Waals surface area contributed by atoms with Crippen LogP contribution in [-0.4, -0.2) is 83.9 Å². The van der Waals surface area contributed by atoms with E-state index in [9.17, 15) is 9.59 Å². The summed E-state index contributed by atoms with van der Waals surface area (Å²) in [5.41, 5.74) is 5.24. The molecule has 0 fully saturated rings. The molecule has 4 N–H and O–H groups in total. The fraction of sp³-hybridized carbons (Fsp3) is 0.846. The minimum atomic E-state index is -1.07. The van der Waals surface area contributed by atoms with Crippen LogP contribution in [0.1, 0.15) is 6.42 Å². The van der Waals surface area contributed by atoms with Crippen molar-refractivity contribution in [2.75, 3.05) is 67.0 Å². The number of aliphatic carboxylic acids is 1. The van der Waals surface area contributed by atoms with Crippen molar-refractivity contribution in [3.8, 4) is 0 Å². The Morgan fingerprint density at radius 3 is 1.86 bits per heavy atom.